The van der Waals surface area contributed by atoms with Crippen LogP contribution in [0.25, 0.3) is 0 Å². The van der Waals surface area contributed by atoms with Crippen LogP contribution in [0.5, 0.6) is 0 Å². The number of likely N-dealkylation sites (N-methyl/N-ethyl adjacent to an activating group) is 2. The van der Waals surface area contributed by atoms with Gasteiger partial charge in [-0.25, -0.2) is 4.21 Å². The minimum Gasteiger partial charge on any atom is -1.00 e. The molecule has 5 aromatic rings. The van der Waals surface area contributed by atoms with Gasteiger partial charge in [0, 0.05) is 65.6 Å². The quantitative estimate of drug-likeness (QED) is 0.0189. The molecule has 0 spiro atoms. The van der Waals surface area contributed by atoms with Gasteiger partial charge in [0.15, 0.2) is 23.1 Å². The van der Waals surface area contributed by atoms with E-state index in [1.54, 1.807) is 0 Å². The number of carboxylic acids is 1. The molecular weight excluding hydrogens is 1840 g/mol. The van der Waals surface area contributed by atoms with Gasteiger partial charge in [0.05, 0.1) is 55.0 Å². The molecule has 0 radical (unpaired) electrons. The third kappa shape index (κ3) is 41.6. The van der Waals surface area contributed by atoms with E-state index in [9.17, 15) is 28.8 Å². The van der Waals surface area contributed by atoms with Crippen molar-refractivity contribution < 1.29 is 83.4 Å². The van der Waals surface area contributed by atoms with Crippen molar-refractivity contribution in [1.82, 2.24) is 4.90 Å². The second-order valence-electron chi connectivity index (χ2n) is 30.9. The van der Waals surface area contributed by atoms with Crippen LogP contribution < -0.4 is 42.1 Å². The number of nitrogens with zero attached hydrogens (tertiary/aromatic N) is 3. The molecule has 0 amide bonds. The maximum atomic E-state index is 13.1. The van der Waals surface area contributed by atoms with Crippen LogP contribution in [0.3, 0.4) is 0 Å². The summed E-state index contributed by atoms with van der Waals surface area (Å²) in [6.45, 7) is 46.8. The number of likely N-dealkylation sites (tertiary alicyclic amines) is 3. The van der Waals surface area contributed by atoms with E-state index in [2.05, 4.69) is 231 Å². The molecule has 4 fully saturated rings. The summed E-state index contributed by atoms with van der Waals surface area (Å²) in [5.41, 5.74) is 23.7. The van der Waals surface area contributed by atoms with Crippen LogP contribution in [-0.2, 0) is 63.7 Å². The van der Waals surface area contributed by atoms with Crippen LogP contribution in [0, 0.1) is 69.2 Å². The number of Topliss-reactive ketones (excluding diaryl/α,β-unsaturated/α-hetero) is 4. The van der Waals surface area contributed by atoms with Gasteiger partial charge in [-0.2, -0.15) is 0 Å². The number of nitrogens with two attached hydrogens (primary N) is 1. The van der Waals surface area contributed by atoms with Gasteiger partial charge in [-0.3, -0.25) is 33.7 Å². The zero-order valence-electron chi connectivity index (χ0n) is 72.6. The maximum absolute atomic E-state index is 13.1. The minimum atomic E-state index is -1.67. The Morgan fingerprint density at radius 2 is 0.649 bits per heavy atom. The molecule has 3 heterocycles. The highest BCUT2D eigenvalue weighted by atomic mass is 127. The maximum Gasteiger partial charge on any atom is 0.317 e. The van der Waals surface area contributed by atoms with Gasteiger partial charge in [-0.15, -0.1) is 0 Å². The number of aliphatic carboxylic acids is 1. The van der Waals surface area contributed by atoms with E-state index in [-0.39, 0.29) is 80.0 Å². The van der Waals surface area contributed by atoms with Crippen LogP contribution in [-0.4, -0.2) is 142 Å². The van der Waals surface area contributed by atoms with Crippen molar-refractivity contribution in [3.8, 4) is 0 Å². The topological polar surface area (TPSA) is 169 Å². The van der Waals surface area contributed by atoms with E-state index in [1.165, 1.54) is 189 Å². The van der Waals surface area contributed by atoms with Crippen LogP contribution >= 0.6 is 80.8 Å². The van der Waals surface area contributed by atoms with Gasteiger partial charge < -0.3 is 56.2 Å². The van der Waals surface area contributed by atoms with E-state index in [1.807, 2.05) is 58.9 Å². The molecule has 9 rings (SSSR count). The number of nitrogen functional groups attached to an aromatic ring is 1. The highest BCUT2D eigenvalue weighted by molar-refractivity contribution is 9.10. The Morgan fingerprint density at radius 3 is 0.860 bits per heavy atom. The number of carbonyl (C=O) groups is 6. The molecule has 6 unspecified atom stereocenters. The molecule has 1 saturated carbocycles. The first-order valence-electron chi connectivity index (χ1n) is 41.7. The highest BCUT2D eigenvalue weighted by Crippen LogP contribution is 2.30. The Morgan fingerprint density at radius 1 is 0.404 bits per heavy atom. The lowest BCUT2D eigenvalue weighted by molar-refractivity contribution is -0.945. The van der Waals surface area contributed by atoms with Gasteiger partial charge in [-0.1, -0.05) is 225 Å². The lowest BCUT2D eigenvalue weighted by Gasteiger charge is -2.46. The predicted molar refractivity (Wildman–Crippen MR) is 490 cm³/mol. The summed E-state index contributed by atoms with van der Waals surface area (Å²) in [5.74, 6) is 0.775. The molecule has 3 N–H and O–H groups in total. The second-order valence-corrected chi connectivity index (χ2v) is 37.1. The van der Waals surface area contributed by atoms with Crippen LogP contribution in [0.15, 0.2) is 91.0 Å². The summed E-state index contributed by atoms with van der Waals surface area (Å²) in [7, 11) is 7.36. The Balaban J connectivity index is 0. The summed E-state index contributed by atoms with van der Waals surface area (Å²) in [5, 5.41) is 7.82. The number of benzene rings is 5. The summed E-state index contributed by atoms with van der Waals surface area (Å²) < 4.78 is 11.1. The van der Waals surface area contributed by atoms with E-state index < -0.39 is 15.2 Å². The number of para-hydroxylation sites is 1. The first-order valence-corrected chi connectivity index (χ1v) is 47.7. The van der Waals surface area contributed by atoms with Gasteiger partial charge in [0.2, 0.25) is 14.5 Å². The standard InChI is InChI=1S/2C20H32NO.C18H27NO.C13H17BrO.C8H11N.C6H12.C4H6BrClO.C4H7BrO2.Cl2OS.ClH.HI/c2*1-5-19(21(6-2)13-8-7-9-14-21)20(22)15-18-16(3)11-10-12-17(18)4;1-4-17(19-11-6-5-7-12-19)18(20)13-16-14(2)9-8-10-15(16)3;1-4-12(14)13(15)8-11-9(2)6-5-7-10(11)3;1-6-4-3-5-7(2)8(6)9;1-2-4-6-5-3-1;2*1-2-3(5)4(6)7;1-4(2)3;;/h2*10-12,19H,5-9,13-15H2,1-4H3;8-10,17H,4-7,11-13H2,1-3H3;5-7,12H,4,8H2,1-3H3;3-5H,9H2,1-2H3;1-6H2;3H,2H2,1H3;3H,2H2,1H3,(H,6,7);;2*1H/q2*+1;;;;;;;;;/p-2. The average molecular weight is 1990 g/mol. The second kappa shape index (κ2) is 63.1. The first-order chi connectivity index (χ1) is 53.1. The van der Waals surface area contributed by atoms with Gasteiger partial charge in [0.1, 0.15) is 16.9 Å². The lowest BCUT2D eigenvalue weighted by atomic mass is 9.91. The molecule has 3 aliphatic heterocycles. The number of hydrogen-bond acceptors (Lipinski definition) is 9. The molecule has 6 atom stereocenters. The van der Waals surface area contributed by atoms with Crippen molar-refractivity contribution >= 4 is 130 Å². The molecule has 646 valence electrons. The zero-order chi connectivity index (χ0) is 84.7. The van der Waals surface area contributed by atoms with Crippen LogP contribution in [0.4, 0.5) is 5.69 Å². The normalized spacial score (nSPS) is 16.1. The molecule has 5 aromatic carbocycles. The predicted octanol–water partition coefficient (Wildman–Crippen LogP) is 18.1. The average Bonchev–Trinajstić information content (AvgIpc) is 0.799. The molecule has 21 heteroatoms. The zero-order valence-corrected chi connectivity index (χ0v) is 83.4. The number of aryl methyl sites for hydroxylation is 10. The molecule has 4 aliphatic rings. The fourth-order valence-electron chi connectivity index (χ4n) is 15.9. The van der Waals surface area contributed by atoms with Crippen molar-refractivity contribution in [2.24, 2.45) is 0 Å². The minimum absolute atomic E-state index is 0. The highest BCUT2D eigenvalue weighted by Gasteiger charge is 2.42. The molecule has 1 aliphatic carbocycles. The van der Waals surface area contributed by atoms with E-state index >= 15 is 0 Å². The van der Waals surface area contributed by atoms with Gasteiger partial charge in [0.25, 0.3) is 0 Å². The number of anilines is 1. The molecule has 0 bridgehead atoms. The number of halogens is 8. The number of carboxylic acid groups (broad SMARTS) is 1. The van der Waals surface area contributed by atoms with E-state index in [0.717, 1.165) is 84.1 Å². The molecule has 12 nitrogen and oxygen atoms in total. The van der Waals surface area contributed by atoms with Crippen molar-refractivity contribution in [3.63, 3.8) is 0 Å². The third-order valence-corrected chi connectivity index (χ3v) is 26.9. The van der Waals surface area contributed by atoms with Crippen LogP contribution in [0.2, 0.25) is 0 Å². The number of piperidine rings is 3. The Labute approximate surface area is 756 Å². The number of hydrogen-bond donors (Lipinski definition) is 2. The number of carbonyl (C=O) groups excluding carboxylic acids is 5. The number of quaternary nitrogens is 2. The molecule has 114 heavy (non-hydrogen) atoms. The summed E-state index contributed by atoms with van der Waals surface area (Å²) in [6, 6.07) is 31.7. The van der Waals surface area contributed by atoms with E-state index in [4.69, 9.17) is 26.7 Å². The first kappa shape index (κ1) is 113. The molecule has 3 saturated heterocycles. The number of alkyl halides is 3. The number of rotatable bonds is 25. The summed E-state index contributed by atoms with van der Waals surface area (Å²) >= 11 is 14.4. The van der Waals surface area contributed by atoms with E-state index in [0.29, 0.717) is 49.5 Å². The van der Waals surface area contributed by atoms with Crippen LogP contribution in [0.1, 0.15) is 268 Å². The van der Waals surface area contributed by atoms with Crippen molar-refractivity contribution in [3.05, 3.63) is 169 Å². The molecule has 0 aromatic heterocycles. The fourth-order valence-corrected chi connectivity index (χ4v) is 16.2. The molecular formula is C93H144Br3Cl4IN4O8S. The van der Waals surface area contributed by atoms with Crippen molar-refractivity contribution in [2.45, 2.75) is 318 Å². The Kier molecular flexibility index (Phi) is 62.6. The van der Waals surface area contributed by atoms with Crippen molar-refractivity contribution in [1.29, 1.82) is 0 Å². The fraction of sp³-hybridized carbons (Fsp3) is 0.613. The van der Waals surface area contributed by atoms with Crippen molar-refractivity contribution in [2.75, 3.05) is 58.1 Å². The van der Waals surface area contributed by atoms with Gasteiger partial charge in [-0.05, 0) is 263 Å². The summed E-state index contributed by atoms with van der Waals surface area (Å²) in [4.78, 5) is 72.5. The third-order valence-electron chi connectivity index (χ3n) is 23.1. The largest absolute Gasteiger partial charge is 1.00 e. The monoisotopic (exact) mass is 1980 g/mol. The smallest absolute Gasteiger partial charge is 0.317 e. The lowest BCUT2D eigenvalue weighted by Crippen LogP contribution is -3.00. The Bertz CT molecular complexity index is 3390. The SMILES string of the molecule is C1CCCCC1.CCC(Br)C(=O)Cc1c(C)cccc1C.CCC(Br)C(=O)Cl.CCC(Br)C(=O)O.CCC(C(=O)Cc1c(C)cccc1C)N1CCCCC1.CCC(C(=O)Cc1c(C)cccc1C)[N+]1(CC)CCCCC1.CCC(C(=O)Cc1c(C)cccc1C)[N+]1(CC)CCCCC1.Cc1cccc(C)c1N.O=S(Cl)Cl.[Cl-].[I-]. The number of ketones is 4. The Hall–Kier alpha value is -2.92. The summed E-state index contributed by atoms with van der Waals surface area (Å²) in [6.07, 6.45) is 28.1. The van der Waals surface area contributed by atoms with Gasteiger partial charge >= 0.3 is 5.97 Å².